The van der Waals surface area contributed by atoms with E-state index in [1.807, 2.05) is 0 Å². The molecule has 0 saturated heterocycles. The molecule has 0 saturated carbocycles. The SMILES string of the molecule is CCO.COC(=O)C(OC)c1ccc2c(c1)OCCO2.COC(C(=O)NN)c1ccc2c(c1)OCCO2.NN. The molecule has 2 aliphatic heterocycles. The van der Waals surface area contributed by atoms with Crippen molar-refractivity contribution in [1.29, 1.82) is 0 Å². The van der Waals surface area contributed by atoms with Gasteiger partial charge in [0, 0.05) is 20.8 Å². The Morgan fingerprint density at radius 2 is 1.21 bits per heavy atom. The fourth-order valence-electron chi connectivity index (χ4n) is 3.39. The van der Waals surface area contributed by atoms with Crippen molar-refractivity contribution in [2.75, 3.05) is 54.4 Å². The molecule has 8 N–H and O–H groups in total. The molecule has 4 rings (SSSR count). The second kappa shape index (κ2) is 18.6. The first-order valence-electron chi connectivity index (χ1n) is 11.8. The number of aliphatic hydroxyl groups excluding tert-OH is 1. The van der Waals surface area contributed by atoms with Crippen molar-refractivity contribution < 1.29 is 47.9 Å². The van der Waals surface area contributed by atoms with Crippen LogP contribution in [0.4, 0.5) is 0 Å². The predicted octanol–water partition coefficient (Wildman–Crippen LogP) is 0.271. The number of aliphatic hydroxyl groups is 1. The Bertz CT molecular complexity index is 945. The zero-order chi connectivity index (χ0) is 29.2. The van der Waals surface area contributed by atoms with E-state index in [1.54, 1.807) is 43.3 Å². The number of carbonyl (C=O) groups excluding carboxylic acids is 2. The molecule has 2 atom stereocenters. The van der Waals surface area contributed by atoms with Crippen LogP contribution < -0.4 is 41.9 Å². The van der Waals surface area contributed by atoms with Crippen molar-refractivity contribution in [1.82, 2.24) is 5.43 Å². The van der Waals surface area contributed by atoms with Gasteiger partial charge in [-0.05, 0) is 42.3 Å². The van der Waals surface area contributed by atoms with E-state index >= 15 is 0 Å². The number of benzene rings is 2. The maximum atomic E-state index is 11.5. The summed E-state index contributed by atoms with van der Waals surface area (Å²) in [5.41, 5.74) is 3.41. The lowest BCUT2D eigenvalue weighted by molar-refractivity contribution is -0.152. The number of nitrogens with one attached hydrogen (secondary N) is 1. The van der Waals surface area contributed by atoms with Crippen molar-refractivity contribution in [2.45, 2.75) is 19.1 Å². The molecule has 2 aromatic rings. The van der Waals surface area contributed by atoms with E-state index in [1.165, 1.54) is 21.3 Å². The van der Waals surface area contributed by atoms with Gasteiger partial charge in [0.05, 0.1) is 7.11 Å². The summed E-state index contributed by atoms with van der Waals surface area (Å²) in [4.78, 5) is 23.0. The number of nitrogens with two attached hydrogens (primary N) is 3. The van der Waals surface area contributed by atoms with Gasteiger partial charge in [-0.25, -0.2) is 10.6 Å². The predicted molar refractivity (Wildman–Crippen MR) is 140 cm³/mol. The first-order chi connectivity index (χ1) is 18.9. The first-order valence-corrected chi connectivity index (χ1v) is 11.8. The topological polar surface area (TPSA) is 209 Å². The molecule has 0 aromatic heterocycles. The van der Waals surface area contributed by atoms with E-state index in [2.05, 4.69) is 21.8 Å². The maximum Gasteiger partial charge on any atom is 0.339 e. The highest BCUT2D eigenvalue weighted by molar-refractivity contribution is 5.82. The standard InChI is InChI=1S/C12H14O5.C11H14N2O4.C2H6O.H4N2/c1-14-11(12(13)15-2)8-3-4-9-10(7-8)17-6-5-16-9;1-15-10(11(14)13-12)7-2-3-8-9(6-7)17-5-4-16-8;1-2-3;1-2/h3-4,7,11H,5-6H2,1-2H3;2-3,6,10H,4-5,12H2,1H3,(H,13,14);3H,2H2,1H3;1-2H2. The van der Waals surface area contributed by atoms with E-state index in [9.17, 15) is 9.59 Å². The average molecular weight is 555 g/mol. The van der Waals surface area contributed by atoms with Crippen LogP contribution in [0.5, 0.6) is 23.0 Å². The largest absolute Gasteiger partial charge is 0.486 e. The molecular weight excluding hydrogens is 516 g/mol. The number of methoxy groups -OCH3 is 3. The molecule has 14 nitrogen and oxygen atoms in total. The third-order valence-corrected chi connectivity index (χ3v) is 5.01. The third-order valence-electron chi connectivity index (χ3n) is 5.01. The van der Waals surface area contributed by atoms with Gasteiger partial charge >= 0.3 is 5.97 Å². The second-order valence-corrected chi connectivity index (χ2v) is 7.39. The molecule has 0 aliphatic carbocycles. The van der Waals surface area contributed by atoms with Crippen LogP contribution >= 0.6 is 0 Å². The lowest BCUT2D eigenvalue weighted by Gasteiger charge is -2.20. The Morgan fingerprint density at radius 1 is 0.821 bits per heavy atom. The highest BCUT2D eigenvalue weighted by Crippen LogP contribution is 2.34. The monoisotopic (exact) mass is 554 g/mol. The van der Waals surface area contributed by atoms with Crippen molar-refractivity contribution in [3.05, 3.63) is 47.5 Å². The van der Waals surface area contributed by atoms with Gasteiger partial charge in [-0.2, -0.15) is 0 Å². The molecule has 1 amide bonds. The van der Waals surface area contributed by atoms with Gasteiger partial charge in [-0.1, -0.05) is 12.1 Å². The van der Waals surface area contributed by atoms with Gasteiger partial charge in [-0.3, -0.25) is 21.9 Å². The van der Waals surface area contributed by atoms with E-state index < -0.39 is 24.1 Å². The molecule has 14 heteroatoms. The molecule has 2 heterocycles. The van der Waals surface area contributed by atoms with Gasteiger partial charge in [0.25, 0.3) is 5.91 Å². The number of ether oxygens (including phenoxy) is 7. The minimum Gasteiger partial charge on any atom is -0.486 e. The molecule has 39 heavy (non-hydrogen) atoms. The summed E-state index contributed by atoms with van der Waals surface area (Å²) in [5.74, 6) is 14.8. The molecule has 2 aromatic carbocycles. The molecule has 0 radical (unpaired) electrons. The summed E-state index contributed by atoms with van der Waals surface area (Å²) < 4.78 is 36.5. The molecular formula is C25H38N4O10. The minimum absolute atomic E-state index is 0.250. The minimum atomic E-state index is -0.754. The number of rotatable bonds is 6. The normalized spacial score (nSPS) is 13.8. The van der Waals surface area contributed by atoms with Crippen LogP contribution in [0.15, 0.2) is 36.4 Å². The Balaban J connectivity index is 0.000000335. The summed E-state index contributed by atoms with van der Waals surface area (Å²) in [6, 6.07) is 10.5. The Hall–Kier alpha value is -3.66. The fraction of sp³-hybridized carbons (Fsp3) is 0.440. The number of hydrogen-bond acceptors (Lipinski definition) is 13. The van der Waals surface area contributed by atoms with Gasteiger partial charge in [-0.15, -0.1) is 0 Å². The van der Waals surface area contributed by atoms with Crippen molar-refractivity contribution >= 4 is 11.9 Å². The number of carbonyl (C=O) groups is 2. The Morgan fingerprint density at radius 3 is 1.56 bits per heavy atom. The van der Waals surface area contributed by atoms with E-state index in [4.69, 9.17) is 39.4 Å². The molecule has 0 spiro atoms. The lowest BCUT2D eigenvalue weighted by atomic mass is 10.1. The zero-order valence-electron chi connectivity index (χ0n) is 22.5. The van der Waals surface area contributed by atoms with Gasteiger partial charge in [0.15, 0.2) is 35.2 Å². The summed E-state index contributed by atoms with van der Waals surface area (Å²) in [6.45, 7) is 4.00. The first kappa shape index (κ1) is 33.4. The number of hydrazine groups is 2. The van der Waals surface area contributed by atoms with Crippen LogP contribution in [0.25, 0.3) is 0 Å². The van der Waals surface area contributed by atoms with Gasteiger partial charge in [0.2, 0.25) is 0 Å². The second-order valence-electron chi connectivity index (χ2n) is 7.39. The molecule has 2 aliphatic rings. The molecule has 218 valence electrons. The van der Waals surface area contributed by atoms with Gasteiger partial charge < -0.3 is 38.3 Å². The summed E-state index contributed by atoms with van der Waals surface area (Å²) in [5, 5.41) is 7.57. The van der Waals surface area contributed by atoms with Crippen molar-refractivity contribution in [3.63, 3.8) is 0 Å². The maximum absolute atomic E-state index is 11.5. The number of amides is 1. The van der Waals surface area contributed by atoms with Crippen LogP contribution in [0.1, 0.15) is 30.3 Å². The highest BCUT2D eigenvalue weighted by atomic mass is 16.6. The van der Waals surface area contributed by atoms with Crippen molar-refractivity contribution in [3.8, 4) is 23.0 Å². The van der Waals surface area contributed by atoms with Crippen LogP contribution in [0.3, 0.4) is 0 Å². The molecule has 0 fully saturated rings. The summed E-state index contributed by atoms with van der Waals surface area (Å²) in [7, 11) is 4.22. The van der Waals surface area contributed by atoms with E-state index in [-0.39, 0.29) is 6.61 Å². The number of hydrogen-bond donors (Lipinski definition) is 5. The number of esters is 1. The third kappa shape index (κ3) is 9.86. The van der Waals surface area contributed by atoms with Gasteiger partial charge in [0.1, 0.15) is 26.4 Å². The van der Waals surface area contributed by atoms with Crippen molar-refractivity contribution in [2.24, 2.45) is 17.5 Å². The van der Waals surface area contributed by atoms with Crippen LogP contribution in [0, 0.1) is 0 Å². The van der Waals surface area contributed by atoms with Crippen LogP contribution in [-0.2, 0) is 23.8 Å². The zero-order valence-corrected chi connectivity index (χ0v) is 22.5. The van der Waals surface area contributed by atoms with E-state index in [0.29, 0.717) is 60.6 Å². The molecule has 2 unspecified atom stereocenters. The highest BCUT2D eigenvalue weighted by Gasteiger charge is 2.24. The number of fused-ring (bicyclic) bond motifs is 2. The smallest absolute Gasteiger partial charge is 0.339 e. The van der Waals surface area contributed by atoms with E-state index in [0.717, 1.165) is 0 Å². The summed E-state index contributed by atoms with van der Waals surface area (Å²) >= 11 is 0. The Kier molecular flexibility index (Phi) is 15.9. The molecule has 0 bridgehead atoms. The summed E-state index contributed by atoms with van der Waals surface area (Å²) in [6.07, 6.45) is -1.49. The Labute approximate surface area is 227 Å². The lowest BCUT2D eigenvalue weighted by Crippen LogP contribution is -2.35. The fourth-order valence-corrected chi connectivity index (χ4v) is 3.39. The van der Waals surface area contributed by atoms with Crippen LogP contribution in [-0.4, -0.2) is 71.3 Å². The average Bonchev–Trinajstić information content (AvgIpc) is 2.99. The quantitative estimate of drug-likeness (QED) is 0.141. The van der Waals surface area contributed by atoms with Crippen LogP contribution in [0.2, 0.25) is 0 Å².